The molecule has 14 heavy (non-hydrogen) atoms. The van der Waals surface area contributed by atoms with Gasteiger partial charge in [-0.3, -0.25) is 0 Å². The van der Waals surface area contributed by atoms with Gasteiger partial charge in [-0.15, -0.1) is 11.8 Å². The minimum absolute atomic E-state index is 0.0312. The van der Waals surface area contributed by atoms with Crippen molar-refractivity contribution in [2.45, 2.75) is 24.3 Å². The summed E-state index contributed by atoms with van der Waals surface area (Å²) in [6.45, 7) is 2.06. The minimum Gasteiger partial charge on any atom is -0.211 e. The summed E-state index contributed by atoms with van der Waals surface area (Å²) in [4.78, 5) is 15.4. The van der Waals surface area contributed by atoms with Crippen molar-refractivity contribution in [2.75, 3.05) is 5.75 Å². The maximum atomic E-state index is 10.3. The number of carbonyl (C=O) groups excluding carboxylic acids is 1. The summed E-state index contributed by atoms with van der Waals surface area (Å²) in [5, 5.41) is 0. The number of hydrogen-bond acceptors (Lipinski definition) is 3. The van der Waals surface area contributed by atoms with Crippen molar-refractivity contribution in [3.05, 3.63) is 29.3 Å². The highest BCUT2D eigenvalue weighted by Crippen LogP contribution is 2.38. The summed E-state index contributed by atoms with van der Waals surface area (Å²) >= 11 is 1.84. The van der Waals surface area contributed by atoms with Gasteiger partial charge in [-0.2, -0.15) is 4.99 Å². The molecule has 3 heteroatoms. The first-order chi connectivity index (χ1) is 6.81. The number of benzene rings is 1. The predicted molar refractivity (Wildman–Crippen MR) is 57.4 cm³/mol. The van der Waals surface area contributed by atoms with Crippen LogP contribution < -0.4 is 0 Å². The third-order valence-corrected chi connectivity index (χ3v) is 3.50. The number of thioether (sulfide) groups is 1. The van der Waals surface area contributed by atoms with E-state index in [9.17, 15) is 4.79 Å². The molecule has 0 aliphatic carbocycles. The van der Waals surface area contributed by atoms with Crippen LogP contribution in [0.5, 0.6) is 0 Å². The summed E-state index contributed by atoms with van der Waals surface area (Å²) in [7, 11) is 0. The molecule has 0 radical (unpaired) electrons. The lowest BCUT2D eigenvalue weighted by atomic mass is 10.0. The van der Waals surface area contributed by atoms with E-state index in [0.717, 1.165) is 12.2 Å². The smallest absolute Gasteiger partial charge is 0.211 e. The quantitative estimate of drug-likeness (QED) is 0.521. The van der Waals surface area contributed by atoms with Crippen LogP contribution in [0, 0.1) is 6.92 Å². The highest BCUT2D eigenvalue weighted by molar-refractivity contribution is 7.99. The fourth-order valence-electron chi connectivity index (χ4n) is 1.69. The molecule has 1 aromatic rings. The van der Waals surface area contributed by atoms with Gasteiger partial charge in [0, 0.05) is 10.6 Å². The van der Waals surface area contributed by atoms with Gasteiger partial charge in [0.05, 0.1) is 6.04 Å². The second kappa shape index (κ2) is 3.99. The van der Waals surface area contributed by atoms with Crippen molar-refractivity contribution < 1.29 is 4.79 Å². The predicted octanol–water partition coefficient (Wildman–Crippen LogP) is 2.87. The van der Waals surface area contributed by atoms with Gasteiger partial charge in [0.2, 0.25) is 6.08 Å². The van der Waals surface area contributed by atoms with Gasteiger partial charge < -0.3 is 0 Å². The van der Waals surface area contributed by atoms with Gasteiger partial charge in [0.15, 0.2) is 0 Å². The van der Waals surface area contributed by atoms with Crippen LogP contribution in [0.1, 0.15) is 23.6 Å². The second-order valence-electron chi connectivity index (χ2n) is 3.41. The van der Waals surface area contributed by atoms with E-state index >= 15 is 0 Å². The monoisotopic (exact) mass is 205 g/mol. The van der Waals surface area contributed by atoms with Crippen molar-refractivity contribution in [2.24, 2.45) is 4.99 Å². The Labute approximate surface area is 87.4 Å². The van der Waals surface area contributed by atoms with Crippen molar-refractivity contribution in [3.8, 4) is 0 Å². The molecular formula is C11H11NOS. The molecule has 1 aliphatic rings. The summed E-state index contributed by atoms with van der Waals surface area (Å²) in [5.74, 6) is 1.03. The Balaban J connectivity index is 2.46. The molecule has 0 aromatic heterocycles. The topological polar surface area (TPSA) is 29.4 Å². The van der Waals surface area contributed by atoms with E-state index in [1.807, 2.05) is 11.8 Å². The first kappa shape index (κ1) is 9.50. The molecular weight excluding hydrogens is 194 g/mol. The van der Waals surface area contributed by atoms with E-state index in [2.05, 4.69) is 30.1 Å². The number of nitrogens with zero attached hydrogens (tertiary/aromatic N) is 1. The third kappa shape index (κ3) is 1.74. The Morgan fingerprint density at radius 3 is 3.21 bits per heavy atom. The molecule has 1 atom stereocenters. The van der Waals surface area contributed by atoms with Gasteiger partial charge in [0.1, 0.15) is 0 Å². The Morgan fingerprint density at radius 2 is 2.43 bits per heavy atom. The van der Waals surface area contributed by atoms with Gasteiger partial charge in [-0.05, 0) is 25.0 Å². The number of fused-ring (bicyclic) bond motifs is 1. The Bertz CT molecular complexity index is 396. The van der Waals surface area contributed by atoms with Gasteiger partial charge in [-0.1, -0.05) is 17.7 Å². The molecule has 2 nitrogen and oxygen atoms in total. The number of aliphatic imine (C=N–C) groups is 1. The van der Waals surface area contributed by atoms with E-state index in [1.54, 1.807) is 6.08 Å². The minimum atomic E-state index is 0.0312. The molecule has 1 unspecified atom stereocenters. The zero-order chi connectivity index (χ0) is 9.97. The molecule has 0 saturated heterocycles. The van der Waals surface area contributed by atoms with E-state index < -0.39 is 0 Å². The van der Waals surface area contributed by atoms with Crippen LogP contribution in [0.2, 0.25) is 0 Å². The van der Waals surface area contributed by atoms with Gasteiger partial charge in [-0.25, -0.2) is 4.79 Å². The first-order valence-electron chi connectivity index (χ1n) is 4.61. The molecule has 0 fully saturated rings. The normalized spacial score (nSPS) is 19.6. The molecule has 0 N–H and O–H groups in total. The molecule has 0 saturated carbocycles. The molecule has 0 spiro atoms. The average molecular weight is 205 g/mol. The average Bonchev–Trinajstić information content (AvgIpc) is 2.19. The number of isocyanates is 1. The van der Waals surface area contributed by atoms with Gasteiger partial charge >= 0.3 is 0 Å². The van der Waals surface area contributed by atoms with E-state index in [1.165, 1.54) is 16.0 Å². The second-order valence-corrected chi connectivity index (χ2v) is 4.55. The lowest BCUT2D eigenvalue weighted by Gasteiger charge is -2.20. The van der Waals surface area contributed by atoms with Crippen LogP contribution in [-0.2, 0) is 4.79 Å². The maximum absolute atomic E-state index is 10.3. The standard InChI is InChI=1S/C11H11NOS/c1-8-2-3-11-9(6-8)10(12-7-13)4-5-14-11/h2-3,6,10H,4-5H2,1H3. The SMILES string of the molecule is Cc1ccc2c(c1)C(N=C=O)CCS2. The van der Waals surface area contributed by atoms with Crippen LogP contribution in [0.15, 0.2) is 28.1 Å². The molecule has 2 rings (SSSR count). The molecule has 0 bridgehead atoms. The molecule has 1 heterocycles. The van der Waals surface area contributed by atoms with E-state index in [0.29, 0.717) is 0 Å². The lowest BCUT2D eigenvalue weighted by Crippen LogP contribution is -2.05. The number of aryl methyl sites for hydroxylation is 1. The van der Waals surface area contributed by atoms with Crippen LogP contribution >= 0.6 is 11.8 Å². The Kier molecular flexibility index (Phi) is 2.71. The van der Waals surface area contributed by atoms with E-state index in [4.69, 9.17) is 0 Å². The fraction of sp³-hybridized carbons (Fsp3) is 0.364. The number of hydrogen-bond donors (Lipinski definition) is 0. The van der Waals surface area contributed by atoms with Crippen molar-refractivity contribution >= 4 is 17.8 Å². The zero-order valence-electron chi connectivity index (χ0n) is 7.99. The van der Waals surface area contributed by atoms with Crippen LogP contribution in [0.25, 0.3) is 0 Å². The molecule has 72 valence electrons. The zero-order valence-corrected chi connectivity index (χ0v) is 8.80. The van der Waals surface area contributed by atoms with E-state index in [-0.39, 0.29) is 6.04 Å². The first-order valence-corrected chi connectivity index (χ1v) is 5.60. The van der Waals surface area contributed by atoms with Crippen LogP contribution in [0.3, 0.4) is 0 Å². The molecule has 0 amide bonds. The number of rotatable bonds is 1. The summed E-state index contributed by atoms with van der Waals surface area (Å²) in [5.41, 5.74) is 2.40. The third-order valence-electron chi connectivity index (χ3n) is 2.38. The van der Waals surface area contributed by atoms with Crippen molar-refractivity contribution in [3.63, 3.8) is 0 Å². The largest absolute Gasteiger partial charge is 0.235 e. The summed E-state index contributed by atoms with van der Waals surface area (Å²) < 4.78 is 0. The molecule has 1 aliphatic heterocycles. The molecule has 1 aromatic carbocycles. The van der Waals surface area contributed by atoms with Crippen LogP contribution in [-0.4, -0.2) is 11.8 Å². The maximum Gasteiger partial charge on any atom is 0.235 e. The van der Waals surface area contributed by atoms with Crippen molar-refractivity contribution in [1.29, 1.82) is 0 Å². The fourth-order valence-corrected chi connectivity index (χ4v) is 2.78. The lowest BCUT2D eigenvalue weighted by molar-refractivity contribution is 0.555. The van der Waals surface area contributed by atoms with Crippen LogP contribution in [0.4, 0.5) is 0 Å². The van der Waals surface area contributed by atoms with Gasteiger partial charge in [0.25, 0.3) is 0 Å². The Morgan fingerprint density at radius 1 is 1.57 bits per heavy atom. The summed E-state index contributed by atoms with van der Waals surface area (Å²) in [6.07, 6.45) is 2.60. The highest BCUT2D eigenvalue weighted by Gasteiger charge is 2.19. The Hall–Kier alpha value is -1.05. The van der Waals surface area contributed by atoms with Crippen molar-refractivity contribution in [1.82, 2.24) is 0 Å². The highest BCUT2D eigenvalue weighted by atomic mass is 32.2. The summed E-state index contributed by atoms with van der Waals surface area (Å²) in [6, 6.07) is 6.36.